The second-order valence-electron chi connectivity index (χ2n) is 6.32. The Hall–Kier alpha value is -2.87. The SMILES string of the molecule is COc1ccc2c(c1)CCc1cc3c(ccc4ccccc43)[o+]c1-2. The summed E-state index contributed by atoms with van der Waals surface area (Å²) in [7, 11) is 1.71. The van der Waals surface area contributed by atoms with Crippen LogP contribution in [0.3, 0.4) is 0 Å². The summed E-state index contributed by atoms with van der Waals surface area (Å²) < 4.78 is 11.7. The third kappa shape index (κ3) is 1.93. The van der Waals surface area contributed by atoms with Gasteiger partial charge >= 0.3 is 11.3 Å². The highest BCUT2D eigenvalue weighted by molar-refractivity contribution is 6.06. The van der Waals surface area contributed by atoms with Crippen molar-refractivity contribution in [1.82, 2.24) is 0 Å². The van der Waals surface area contributed by atoms with Crippen molar-refractivity contribution in [3.05, 3.63) is 71.8 Å². The minimum absolute atomic E-state index is 0.906. The molecular formula is C22H17O2+. The van der Waals surface area contributed by atoms with Gasteiger partial charge in [0.25, 0.3) is 0 Å². The lowest BCUT2D eigenvalue weighted by Gasteiger charge is -2.14. The van der Waals surface area contributed by atoms with E-state index >= 15 is 0 Å². The second kappa shape index (κ2) is 5.07. The highest BCUT2D eigenvalue weighted by Gasteiger charge is 2.28. The van der Waals surface area contributed by atoms with E-state index in [4.69, 9.17) is 9.15 Å². The summed E-state index contributed by atoms with van der Waals surface area (Å²) in [6.45, 7) is 0. The van der Waals surface area contributed by atoms with E-state index in [1.807, 2.05) is 6.07 Å². The van der Waals surface area contributed by atoms with Crippen molar-refractivity contribution < 1.29 is 9.15 Å². The molecule has 0 atom stereocenters. The molecule has 1 aliphatic rings. The van der Waals surface area contributed by atoms with Crippen molar-refractivity contribution in [2.75, 3.05) is 7.11 Å². The first-order valence-electron chi connectivity index (χ1n) is 8.28. The van der Waals surface area contributed by atoms with Gasteiger partial charge in [0.05, 0.1) is 23.6 Å². The number of hydrogen-bond donors (Lipinski definition) is 0. The molecule has 0 saturated carbocycles. The minimum atomic E-state index is 0.906. The van der Waals surface area contributed by atoms with E-state index < -0.39 is 0 Å². The molecule has 4 aromatic rings. The van der Waals surface area contributed by atoms with Crippen LogP contribution in [0.25, 0.3) is 33.1 Å². The van der Waals surface area contributed by atoms with Gasteiger partial charge < -0.3 is 4.74 Å². The van der Waals surface area contributed by atoms with Crippen molar-refractivity contribution in [1.29, 1.82) is 0 Å². The van der Waals surface area contributed by atoms with Gasteiger partial charge in [-0.05, 0) is 59.5 Å². The maximum atomic E-state index is 6.35. The highest BCUT2D eigenvalue weighted by Crippen LogP contribution is 2.39. The van der Waals surface area contributed by atoms with E-state index in [1.165, 1.54) is 32.8 Å². The number of methoxy groups -OCH3 is 1. The molecular weight excluding hydrogens is 296 g/mol. The first kappa shape index (κ1) is 13.6. The van der Waals surface area contributed by atoms with Gasteiger partial charge in [0.2, 0.25) is 0 Å². The Morgan fingerprint density at radius 3 is 2.62 bits per heavy atom. The summed E-state index contributed by atoms with van der Waals surface area (Å²) in [5, 5.41) is 3.70. The molecule has 0 saturated heterocycles. The third-order valence-corrected chi connectivity index (χ3v) is 4.97. The molecule has 0 radical (unpaired) electrons. The smallest absolute Gasteiger partial charge is 0.364 e. The van der Waals surface area contributed by atoms with E-state index in [-0.39, 0.29) is 0 Å². The van der Waals surface area contributed by atoms with Crippen molar-refractivity contribution in [2.24, 2.45) is 0 Å². The normalized spacial score (nSPS) is 12.9. The Morgan fingerprint density at radius 1 is 0.833 bits per heavy atom. The Balaban J connectivity index is 1.79. The van der Waals surface area contributed by atoms with Gasteiger partial charge in [0.15, 0.2) is 0 Å². The van der Waals surface area contributed by atoms with Crippen LogP contribution >= 0.6 is 0 Å². The van der Waals surface area contributed by atoms with Crippen LogP contribution in [0, 0.1) is 0 Å². The maximum Gasteiger partial charge on any atom is 0.364 e. The number of aryl methyl sites for hydroxylation is 2. The van der Waals surface area contributed by atoms with Crippen LogP contribution in [0.4, 0.5) is 0 Å². The van der Waals surface area contributed by atoms with Gasteiger partial charge in [-0.15, -0.1) is 0 Å². The van der Waals surface area contributed by atoms with Crippen LogP contribution in [0.2, 0.25) is 0 Å². The van der Waals surface area contributed by atoms with Gasteiger partial charge in [-0.2, -0.15) is 0 Å². The number of rotatable bonds is 1. The summed E-state index contributed by atoms with van der Waals surface area (Å²) in [4.78, 5) is 0. The third-order valence-electron chi connectivity index (χ3n) is 4.97. The van der Waals surface area contributed by atoms with Gasteiger partial charge in [0, 0.05) is 6.07 Å². The molecule has 0 unspecified atom stereocenters. The molecule has 0 fully saturated rings. The molecule has 2 heteroatoms. The number of hydrogen-bond acceptors (Lipinski definition) is 1. The van der Waals surface area contributed by atoms with Gasteiger partial charge in [-0.3, -0.25) is 0 Å². The molecule has 0 N–H and O–H groups in total. The van der Waals surface area contributed by atoms with Crippen LogP contribution in [-0.4, -0.2) is 7.11 Å². The summed E-state index contributed by atoms with van der Waals surface area (Å²) in [6, 6.07) is 21.2. The lowest BCUT2D eigenvalue weighted by molar-refractivity contribution is 0.414. The van der Waals surface area contributed by atoms with Gasteiger partial charge in [-0.25, -0.2) is 4.42 Å². The Morgan fingerprint density at radius 2 is 1.71 bits per heavy atom. The van der Waals surface area contributed by atoms with E-state index in [2.05, 4.69) is 54.6 Å². The van der Waals surface area contributed by atoms with Crippen LogP contribution in [0.1, 0.15) is 11.1 Å². The van der Waals surface area contributed by atoms with Crippen molar-refractivity contribution in [2.45, 2.75) is 12.8 Å². The zero-order valence-corrected chi connectivity index (χ0v) is 13.5. The largest absolute Gasteiger partial charge is 0.497 e. The average Bonchev–Trinajstić information content (AvgIpc) is 2.65. The van der Waals surface area contributed by atoms with E-state index in [1.54, 1.807) is 7.11 Å². The molecule has 1 aliphatic carbocycles. The van der Waals surface area contributed by atoms with E-state index in [0.29, 0.717) is 0 Å². The molecule has 3 aromatic carbocycles. The Bertz CT molecular complexity index is 1100. The van der Waals surface area contributed by atoms with Crippen LogP contribution in [-0.2, 0) is 12.8 Å². The molecule has 0 amide bonds. The Kier molecular flexibility index (Phi) is 2.86. The highest BCUT2D eigenvalue weighted by atomic mass is 16.5. The Labute approximate surface area is 140 Å². The molecule has 1 heterocycles. The number of benzene rings is 3. The van der Waals surface area contributed by atoms with Gasteiger partial charge in [-0.1, -0.05) is 24.3 Å². The molecule has 0 spiro atoms. The quantitative estimate of drug-likeness (QED) is 0.335. The molecule has 5 rings (SSSR count). The first-order valence-corrected chi connectivity index (χ1v) is 8.28. The van der Waals surface area contributed by atoms with Crippen molar-refractivity contribution in [3.63, 3.8) is 0 Å². The zero-order valence-electron chi connectivity index (χ0n) is 13.5. The predicted molar refractivity (Wildman–Crippen MR) is 97.5 cm³/mol. The molecule has 24 heavy (non-hydrogen) atoms. The number of fused-ring (bicyclic) bond motifs is 6. The predicted octanol–water partition coefficient (Wildman–Crippen LogP) is 5.64. The lowest BCUT2D eigenvalue weighted by atomic mass is 9.89. The van der Waals surface area contributed by atoms with Crippen molar-refractivity contribution in [3.8, 4) is 17.1 Å². The molecule has 0 aliphatic heterocycles. The topological polar surface area (TPSA) is 20.5 Å². The monoisotopic (exact) mass is 313 g/mol. The number of ether oxygens (including phenoxy) is 1. The summed E-state index contributed by atoms with van der Waals surface area (Å²) in [5.74, 6) is 1.91. The average molecular weight is 313 g/mol. The maximum absolute atomic E-state index is 6.35. The molecule has 0 bridgehead atoms. The lowest BCUT2D eigenvalue weighted by Crippen LogP contribution is -2.04. The first-order chi connectivity index (χ1) is 11.8. The summed E-state index contributed by atoms with van der Waals surface area (Å²) in [6.07, 6.45) is 2.02. The standard InChI is InChI=1S/C22H17O2/c1-23-17-9-10-19-15(12-17)6-7-16-13-20-18-5-3-2-4-14(18)8-11-21(20)24-22(16)19/h2-5,8-13H,6-7H2,1H3/q+1. The van der Waals surface area contributed by atoms with Crippen LogP contribution in [0.5, 0.6) is 5.75 Å². The second-order valence-corrected chi connectivity index (χ2v) is 6.32. The zero-order chi connectivity index (χ0) is 16.1. The van der Waals surface area contributed by atoms with E-state index in [0.717, 1.165) is 29.9 Å². The summed E-state index contributed by atoms with van der Waals surface area (Å²) >= 11 is 0. The van der Waals surface area contributed by atoms with Crippen molar-refractivity contribution >= 4 is 21.7 Å². The fourth-order valence-corrected chi connectivity index (χ4v) is 3.74. The van der Waals surface area contributed by atoms with Crippen LogP contribution < -0.4 is 4.74 Å². The fraction of sp³-hybridized carbons (Fsp3) is 0.136. The fourth-order valence-electron chi connectivity index (χ4n) is 3.74. The molecule has 2 nitrogen and oxygen atoms in total. The minimum Gasteiger partial charge on any atom is -0.497 e. The van der Waals surface area contributed by atoms with Gasteiger partial charge in [0.1, 0.15) is 5.75 Å². The van der Waals surface area contributed by atoms with Crippen LogP contribution in [0.15, 0.2) is 65.1 Å². The summed E-state index contributed by atoms with van der Waals surface area (Å²) in [5.41, 5.74) is 4.71. The molecule has 116 valence electrons. The molecule has 1 aromatic heterocycles. The van der Waals surface area contributed by atoms with E-state index in [9.17, 15) is 0 Å².